The number of hydrogen-bond donors (Lipinski definition) is 0. The van der Waals surface area contributed by atoms with E-state index in [0.717, 1.165) is 27.1 Å². The molecule has 0 aliphatic carbocycles. The standard InChI is InChI=1S/C25H23BrN2O4/c1-15-12-18(16(2)28(15)20-9-7-19(26)8-10-20)13-22-23(25(30)31-4)17(3)27(24(22)29)14-21-6-5-11-32-21/h5-13H,14H2,1-4H3/b22-13-. The highest BCUT2D eigenvalue weighted by atomic mass is 79.9. The van der Waals surface area contributed by atoms with Crippen molar-refractivity contribution in [2.24, 2.45) is 0 Å². The summed E-state index contributed by atoms with van der Waals surface area (Å²) >= 11 is 3.47. The maximum absolute atomic E-state index is 13.3. The number of amides is 1. The zero-order chi connectivity index (χ0) is 23.0. The summed E-state index contributed by atoms with van der Waals surface area (Å²) in [5.41, 5.74) is 5.01. The van der Waals surface area contributed by atoms with Crippen LogP contribution in [0.5, 0.6) is 0 Å². The van der Waals surface area contributed by atoms with Crippen molar-refractivity contribution in [2.45, 2.75) is 27.3 Å². The average molecular weight is 495 g/mol. The van der Waals surface area contributed by atoms with Gasteiger partial charge in [-0.2, -0.15) is 0 Å². The molecule has 7 heteroatoms. The average Bonchev–Trinajstić information content (AvgIpc) is 3.44. The van der Waals surface area contributed by atoms with Crippen molar-refractivity contribution in [2.75, 3.05) is 7.11 Å². The van der Waals surface area contributed by atoms with Crippen LogP contribution in [-0.2, 0) is 20.9 Å². The molecule has 0 bridgehead atoms. The summed E-state index contributed by atoms with van der Waals surface area (Å²) in [6.07, 6.45) is 3.34. The number of halogens is 1. The molecule has 0 atom stereocenters. The Bertz CT molecular complexity index is 1250. The summed E-state index contributed by atoms with van der Waals surface area (Å²) in [5, 5.41) is 0. The van der Waals surface area contributed by atoms with Gasteiger partial charge in [-0.3, -0.25) is 4.79 Å². The van der Waals surface area contributed by atoms with E-state index in [1.807, 2.05) is 44.2 Å². The van der Waals surface area contributed by atoms with Gasteiger partial charge in [-0.1, -0.05) is 15.9 Å². The fraction of sp³-hybridized carbons (Fsp3) is 0.200. The number of furan rings is 1. The van der Waals surface area contributed by atoms with Gasteiger partial charge < -0.3 is 18.6 Å². The largest absolute Gasteiger partial charge is 0.467 e. The topological polar surface area (TPSA) is 64.7 Å². The molecule has 1 aliphatic rings. The number of aryl methyl sites for hydroxylation is 1. The van der Waals surface area contributed by atoms with Crippen molar-refractivity contribution in [1.82, 2.24) is 9.47 Å². The summed E-state index contributed by atoms with van der Waals surface area (Å²) in [6, 6.07) is 13.6. The molecule has 0 N–H and O–H groups in total. The molecule has 0 saturated carbocycles. The van der Waals surface area contributed by atoms with E-state index in [1.54, 1.807) is 36.3 Å². The smallest absolute Gasteiger partial charge is 0.340 e. The highest BCUT2D eigenvalue weighted by Gasteiger charge is 2.37. The van der Waals surface area contributed by atoms with Gasteiger partial charge in [0.05, 0.1) is 31.1 Å². The van der Waals surface area contributed by atoms with Crippen LogP contribution >= 0.6 is 15.9 Å². The highest BCUT2D eigenvalue weighted by Crippen LogP contribution is 2.34. The Morgan fingerprint density at radius 2 is 1.88 bits per heavy atom. The molecule has 0 saturated heterocycles. The van der Waals surface area contributed by atoms with Gasteiger partial charge in [0.2, 0.25) is 0 Å². The number of aromatic nitrogens is 1. The molecular weight excluding hydrogens is 472 g/mol. The van der Waals surface area contributed by atoms with E-state index >= 15 is 0 Å². The Morgan fingerprint density at radius 1 is 1.16 bits per heavy atom. The Balaban J connectivity index is 1.78. The van der Waals surface area contributed by atoms with Gasteiger partial charge in [-0.15, -0.1) is 0 Å². The molecule has 4 rings (SSSR count). The lowest BCUT2D eigenvalue weighted by molar-refractivity contribution is -0.136. The van der Waals surface area contributed by atoms with Gasteiger partial charge in [0.1, 0.15) is 5.76 Å². The SMILES string of the molecule is COC(=O)C1=C(C)N(Cc2ccco2)C(=O)/C1=C\c1cc(C)n(-c2ccc(Br)cc2)c1C. The third kappa shape index (κ3) is 3.84. The number of carbonyl (C=O) groups is 2. The molecular formula is C25H23BrN2O4. The maximum Gasteiger partial charge on any atom is 0.340 e. The molecule has 0 unspecified atom stereocenters. The molecule has 1 aromatic carbocycles. The first-order valence-electron chi connectivity index (χ1n) is 10.1. The molecule has 1 amide bonds. The molecule has 1 aliphatic heterocycles. The van der Waals surface area contributed by atoms with Crippen LogP contribution in [0.2, 0.25) is 0 Å². The minimum atomic E-state index is -0.536. The van der Waals surface area contributed by atoms with Gasteiger partial charge in [0, 0.05) is 27.2 Å². The molecule has 0 spiro atoms. The van der Waals surface area contributed by atoms with Crippen molar-refractivity contribution >= 4 is 33.9 Å². The Morgan fingerprint density at radius 3 is 2.50 bits per heavy atom. The molecule has 0 radical (unpaired) electrons. The van der Waals surface area contributed by atoms with E-state index in [2.05, 4.69) is 20.5 Å². The summed E-state index contributed by atoms with van der Waals surface area (Å²) in [6.45, 7) is 6.00. The van der Waals surface area contributed by atoms with Crippen LogP contribution in [0.15, 0.2) is 74.5 Å². The minimum absolute atomic E-state index is 0.243. The van der Waals surface area contributed by atoms with Crippen LogP contribution in [0.3, 0.4) is 0 Å². The fourth-order valence-electron chi connectivity index (χ4n) is 4.05. The number of hydrogen-bond acceptors (Lipinski definition) is 4. The summed E-state index contributed by atoms with van der Waals surface area (Å²) in [4.78, 5) is 27.5. The summed E-state index contributed by atoms with van der Waals surface area (Å²) < 4.78 is 13.5. The normalized spacial score (nSPS) is 15.2. The van der Waals surface area contributed by atoms with E-state index in [4.69, 9.17) is 9.15 Å². The number of allylic oxidation sites excluding steroid dienone is 1. The zero-order valence-corrected chi connectivity index (χ0v) is 19.9. The first kappa shape index (κ1) is 21.9. The number of rotatable bonds is 5. The van der Waals surface area contributed by atoms with Crippen molar-refractivity contribution in [3.05, 3.63) is 92.8 Å². The van der Waals surface area contributed by atoms with Crippen LogP contribution in [0.25, 0.3) is 11.8 Å². The third-order valence-electron chi connectivity index (χ3n) is 5.65. The number of nitrogens with zero attached hydrogens (tertiary/aromatic N) is 2. The van der Waals surface area contributed by atoms with E-state index < -0.39 is 5.97 Å². The van der Waals surface area contributed by atoms with Gasteiger partial charge in [0.25, 0.3) is 5.91 Å². The van der Waals surface area contributed by atoms with E-state index in [9.17, 15) is 9.59 Å². The predicted molar refractivity (Wildman–Crippen MR) is 125 cm³/mol. The van der Waals surface area contributed by atoms with Crippen LogP contribution in [0, 0.1) is 13.8 Å². The molecule has 164 valence electrons. The first-order chi connectivity index (χ1) is 15.3. The highest BCUT2D eigenvalue weighted by molar-refractivity contribution is 9.10. The Labute approximate surface area is 194 Å². The quantitative estimate of drug-likeness (QED) is 0.355. The van der Waals surface area contributed by atoms with Crippen molar-refractivity contribution < 1.29 is 18.7 Å². The third-order valence-corrected chi connectivity index (χ3v) is 6.18. The summed E-state index contributed by atoms with van der Waals surface area (Å²) in [5.74, 6) is -0.157. The monoisotopic (exact) mass is 494 g/mol. The summed E-state index contributed by atoms with van der Waals surface area (Å²) in [7, 11) is 1.32. The second kappa shape index (κ2) is 8.67. The van der Waals surface area contributed by atoms with Crippen molar-refractivity contribution in [1.29, 1.82) is 0 Å². The number of carbonyl (C=O) groups excluding carboxylic acids is 2. The molecule has 3 heterocycles. The lowest BCUT2D eigenvalue weighted by Gasteiger charge is -2.16. The molecule has 2 aromatic heterocycles. The second-order valence-electron chi connectivity index (χ2n) is 7.62. The minimum Gasteiger partial charge on any atom is -0.467 e. The van der Waals surface area contributed by atoms with Gasteiger partial charge in [-0.05, 0) is 74.9 Å². The van der Waals surface area contributed by atoms with Gasteiger partial charge >= 0.3 is 5.97 Å². The van der Waals surface area contributed by atoms with Gasteiger partial charge in [0.15, 0.2) is 0 Å². The molecule has 32 heavy (non-hydrogen) atoms. The van der Waals surface area contributed by atoms with Crippen LogP contribution < -0.4 is 0 Å². The predicted octanol–water partition coefficient (Wildman–Crippen LogP) is 5.32. The number of esters is 1. The number of methoxy groups -OCH3 is 1. The van der Waals surface area contributed by atoms with Gasteiger partial charge in [-0.25, -0.2) is 4.79 Å². The molecule has 6 nitrogen and oxygen atoms in total. The lowest BCUT2D eigenvalue weighted by Crippen LogP contribution is -2.24. The van der Waals surface area contributed by atoms with E-state index in [1.165, 1.54) is 7.11 Å². The number of ether oxygens (including phenoxy) is 1. The van der Waals surface area contributed by atoms with Crippen molar-refractivity contribution in [3.63, 3.8) is 0 Å². The lowest BCUT2D eigenvalue weighted by atomic mass is 10.0. The van der Waals surface area contributed by atoms with Crippen LogP contribution in [-0.4, -0.2) is 28.5 Å². The number of benzene rings is 1. The molecule has 0 fully saturated rings. The van der Waals surface area contributed by atoms with E-state index in [-0.39, 0.29) is 18.0 Å². The zero-order valence-electron chi connectivity index (χ0n) is 18.3. The van der Waals surface area contributed by atoms with Crippen molar-refractivity contribution in [3.8, 4) is 5.69 Å². The van der Waals surface area contributed by atoms with Crippen LogP contribution in [0.1, 0.15) is 29.6 Å². The Kier molecular flexibility index (Phi) is 5.93. The molecule has 3 aromatic rings. The Hall–Kier alpha value is -3.32. The van der Waals surface area contributed by atoms with Crippen LogP contribution in [0.4, 0.5) is 0 Å². The maximum atomic E-state index is 13.3. The van der Waals surface area contributed by atoms with E-state index in [0.29, 0.717) is 17.0 Å². The second-order valence-corrected chi connectivity index (χ2v) is 8.53. The first-order valence-corrected chi connectivity index (χ1v) is 10.9. The fourth-order valence-corrected chi connectivity index (χ4v) is 4.32.